The van der Waals surface area contributed by atoms with Gasteiger partial charge in [-0.25, -0.2) is 13.2 Å². The van der Waals surface area contributed by atoms with E-state index in [1.165, 1.54) is 0 Å². The smallest absolute Gasteiger partial charge is 0.335 e. The number of carbonyl (C=O) groups is 2. The van der Waals surface area contributed by atoms with Gasteiger partial charge in [0.25, 0.3) is 0 Å². The van der Waals surface area contributed by atoms with Gasteiger partial charge in [0.1, 0.15) is 11.9 Å². The van der Waals surface area contributed by atoms with Gasteiger partial charge in [0.05, 0.1) is 30.9 Å². The number of sulfonamides is 1. The number of likely N-dealkylation sites (N-methyl/N-ethyl adjacent to an activating group) is 1. The average Bonchev–Trinajstić information content (AvgIpc) is 2.86. The lowest BCUT2D eigenvalue weighted by molar-refractivity contribution is -0.134. The van der Waals surface area contributed by atoms with Gasteiger partial charge in [-0.2, -0.15) is 0 Å². The van der Waals surface area contributed by atoms with Crippen molar-refractivity contribution in [2.45, 2.75) is 39.0 Å². The van der Waals surface area contributed by atoms with Gasteiger partial charge in [-0.15, -0.1) is 0 Å². The van der Waals surface area contributed by atoms with E-state index >= 15 is 0 Å². The van der Waals surface area contributed by atoms with Crippen molar-refractivity contribution in [1.29, 1.82) is 0 Å². The fraction of sp³-hybridized carbons (Fsp3) is 0.462. The number of carboxylic acid groups (broad SMARTS) is 1. The van der Waals surface area contributed by atoms with E-state index in [1.54, 1.807) is 54.3 Å². The molecule has 1 aliphatic heterocycles. The summed E-state index contributed by atoms with van der Waals surface area (Å²) in [6.45, 7) is 5.06. The Labute approximate surface area is 217 Å². The number of nitrogens with zero attached hydrogens (tertiary/aromatic N) is 2. The summed E-state index contributed by atoms with van der Waals surface area (Å²) in [6.07, 6.45) is 0.739. The van der Waals surface area contributed by atoms with Crippen LogP contribution in [0.2, 0.25) is 0 Å². The Bertz CT molecular complexity index is 1220. The van der Waals surface area contributed by atoms with Crippen molar-refractivity contribution >= 4 is 27.6 Å². The third kappa shape index (κ3) is 7.91. The molecule has 2 aromatic rings. The van der Waals surface area contributed by atoms with Gasteiger partial charge in [0, 0.05) is 36.8 Å². The molecular weight excluding hydrogens is 498 g/mol. The van der Waals surface area contributed by atoms with Crippen LogP contribution in [0.25, 0.3) is 0 Å². The molecule has 3 rings (SSSR count). The highest BCUT2D eigenvalue weighted by Gasteiger charge is 2.31. The van der Waals surface area contributed by atoms with Crippen LogP contribution in [0.3, 0.4) is 0 Å². The van der Waals surface area contributed by atoms with E-state index in [9.17, 15) is 23.1 Å². The minimum Gasteiger partial charge on any atom is -0.488 e. The Morgan fingerprint density at radius 2 is 1.92 bits per heavy atom. The molecule has 1 amide bonds. The van der Waals surface area contributed by atoms with Crippen LogP contribution in [0, 0.1) is 5.92 Å². The van der Waals surface area contributed by atoms with E-state index in [0.717, 1.165) is 11.8 Å². The van der Waals surface area contributed by atoms with E-state index in [0.29, 0.717) is 36.6 Å². The first-order valence-electron chi connectivity index (χ1n) is 12.0. The Balaban J connectivity index is 1.88. The van der Waals surface area contributed by atoms with Crippen molar-refractivity contribution < 1.29 is 33.0 Å². The van der Waals surface area contributed by atoms with E-state index in [4.69, 9.17) is 9.84 Å². The second-order valence-corrected chi connectivity index (χ2v) is 11.5. The highest BCUT2D eigenvalue weighted by Crippen LogP contribution is 2.29. The number of anilines is 1. The zero-order valence-corrected chi connectivity index (χ0v) is 22.4. The fourth-order valence-electron chi connectivity index (χ4n) is 4.36. The molecule has 0 fully saturated rings. The molecule has 1 aliphatic rings. The third-order valence-corrected chi connectivity index (χ3v) is 6.97. The van der Waals surface area contributed by atoms with Gasteiger partial charge < -0.3 is 19.8 Å². The van der Waals surface area contributed by atoms with Gasteiger partial charge in [-0.1, -0.05) is 19.1 Å². The number of aromatic carboxylic acids is 1. The lowest BCUT2D eigenvalue weighted by Crippen LogP contribution is -2.47. The summed E-state index contributed by atoms with van der Waals surface area (Å²) in [5.41, 5.74) is 2.07. The standard InChI is InChI=1S/C26H35N3O7S/c1-17-13-29(18(2)16-30)25(31)12-21-11-22(27-37(4,34)35)9-10-23(21)36-24(17)15-28(3)14-19-5-7-20(8-6-19)26(32)33/h5-11,17-18,24,27,30H,12-16H2,1-4H3,(H,32,33)/t17-,18+,24+/m0/s1. The van der Waals surface area contributed by atoms with Crippen LogP contribution in [0.1, 0.15) is 35.3 Å². The summed E-state index contributed by atoms with van der Waals surface area (Å²) in [5.74, 6) is -0.740. The summed E-state index contributed by atoms with van der Waals surface area (Å²) in [5, 5.41) is 18.9. The van der Waals surface area contributed by atoms with Gasteiger partial charge in [-0.3, -0.25) is 14.4 Å². The maximum atomic E-state index is 13.2. The summed E-state index contributed by atoms with van der Waals surface area (Å²) >= 11 is 0. The molecule has 0 aromatic heterocycles. The fourth-order valence-corrected chi connectivity index (χ4v) is 4.92. The molecule has 3 N–H and O–H groups in total. The molecule has 0 aliphatic carbocycles. The normalized spacial score (nSPS) is 19.3. The molecule has 37 heavy (non-hydrogen) atoms. The number of nitrogens with one attached hydrogen (secondary N) is 1. The van der Waals surface area contributed by atoms with Crippen molar-refractivity contribution in [3.8, 4) is 5.75 Å². The molecule has 1 heterocycles. The molecule has 0 spiro atoms. The van der Waals surface area contributed by atoms with E-state index in [-0.39, 0.29) is 42.6 Å². The molecule has 10 nitrogen and oxygen atoms in total. The largest absolute Gasteiger partial charge is 0.488 e. The lowest BCUT2D eigenvalue weighted by Gasteiger charge is -2.34. The summed E-state index contributed by atoms with van der Waals surface area (Å²) < 4.78 is 32.3. The minimum atomic E-state index is -3.50. The van der Waals surface area contributed by atoms with Crippen LogP contribution in [0.4, 0.5) is 5.69 Å². The van der Waals surface area contributed by atoms with Gasteiger partial charge >= 0.3 is 5.97 Å². The van der Waals surface area contributed by atoms with Crippen LogP contribution < -0.4 is 9.46 Å². The SMILES string of the molecule is C[C@H](CO)N1C[C@H](C)[C@@H](CN(C)Cc2ccc(C(=O)O)cc2)Oc2ccc(NS(C)(=O)=O)cc2CC1=O. The maximum Gasteiger partial charge on any atom is 0.335 e. The lowest BCUT2D eigenvalue weighted by atomic mass is 10.0. The number of fused-ring (bicyclic) bond motifs is 1. The Morgan fingerprint density at radius 3 is 2.51 bits per heavy atom. The van der Waals surface area contributed by atoms with Crippen LogP contribution in [-0.4, -0.2) is 85.5 Å². The number of benzene rings is 2. The quantitative estimate of drug-likeness (QED) is 0.446. The van der Waals surface area contributed by atoms with Gasteiger partial charge in [0.2, 0.25) is 15.9 Å². The number of carbonyl (C=O) groups excluding carboxylic acids is 1. The Kier molecular flexibility index (Phi) is 9.16. The number of carboxylic acids is 1. The van der Waals surface area contributed by atoms with Crippen LogP contribution in [0.15, 0.2) is 42.5 Å². The van der Waals surface area contributed by atoms with Crippen molar-refractivity contribution in [1.82, 2.24) is 9.80 Å². The number of amides is 1. The van der Waals surface area contributed by atoms with Crippen LogP contribution in [0.5, 0.6) is 5.75 Å². The summed E-state index contributed by atoms with van der Waals surface area (Å²) in [6, 6.07) is 11.2. The van der Waals surface area contributed by atoms with E-state index in [1.807, 2.05) is 14.0 Å². The minimum absolute atomic E-state index is 0.00413. The summed E-state index contributed by atoms with van der Waals surface area (Å²) in [7, 11) is -1.56. The molecule has 3 atom stereocenters. The molecule has 0 bridgehead atoms. The van der Waals surface area contributed by atoms with Crippen molar-refractivity contribution in [3.63, 3.8) is 0 Å². The number of aliphatic hydroxyl groups is 1. The second-order valence-electron chi connectivity index (χ2n) is 9.78. The zero-order chi connectivity index (χ0) is 27.3. The van der Waals surface area contributed by atoms with Gasteiger partial charge in [0.15, 0.2) is 0 Å². The first-order chi connectivity index (χ1) is 17.4. The molecule has 0 saturated heterocycles. The second kappa shape index (κ2) is 11.9. The predicted octanol–water partition coefficient (Wildman–Crippen LogP) is 2.04. The molecule has 0 unspecified atom stereocenters. The topological polar surface area (TPSA) is 136 Å². The number of rotatable bonds is 9. The number of hydrogen-bond acceptors (Lipinski definition) is 7. The van der Waals surface area contributed by atoms with Crippen LogP contribution in [-0.2, 0) is 27.8 Å². The maximum absolute atomic E-state index is 13.2. The van der Waals surface area contributed by atoms with Gasteiger partial charge in [-0.05, 0) is 49.9 Å². The molecule has 2 aromatic carbocycles. The first-order valence-corrected chi connectivity index (χ1v) is 13.9. The Morgan fingerprint density at radius 1 is 1.24 bits per heavy atom. The third-order valence-electron chi connectivity index (χ3n) is 6.36. The first kappa shape index (κ1) is 28.4. The number of ether oxygens (including phenoxy) is 1. The molecule has 0 saturated carbocycles. The van der Waals surface area contributed by atoms with Crippen molar-refractivity contribution in [2.75, 3.05) is 37.7 Å². The van der Waals surface area contributed by atoms with Crippen molar-refractivity contribution in [3.05, 3.63) is 59.2 Å². The average molecular weight is 534 g/mol. The zero-order valence-electron chi connectivity index (χ0n) is 21.5. The molecule has 202 valence electrons. The van der Waals surface area contributed by atoms with E-state index in [2.05, 4.69) is 9.62 Å². The predicted molar refractivity (Wildman–Crippen MR) is 140 cm³/mol. The van der Waals surface area contributed by atoms with E-state index < -0.39 is 16.0 Å². The van der Waals surface area contributed by atoms with Crippen molar-refractivity contribution in [2.24, 2.45) is 5.92 Å². The highest BCUT2D eigenvalue weighted by molar-refractivity contribution is 7.92. The monoisotopic (exact) mass is 533 g/mol. The number of aliphatic hydroxyl groups excluding tert-OH is 1. The molecule has 0 radical (unpaired) electrons. The van der Waals surface area contributed by atoms with Crippen LogP contribution >= 0.6 is 0 Å². The number of hydrogen-bond donors (Lipinski definition) is 3. The Hall–Kier alpha value is -3.15. The molecular formula is C26H35N3O7S. The highest BCUT2D eigenvalue weighted by atomic mass is 32.2. The summed E-state index contributed by atoms with van der Waals surface area (Å²) in [4.78, 5) is 28.1. The molecule has 11 heteroatoms.